The Kier molecular flexibility index (Phi) is 6.32. The fourth-order valence-electron chi connectivity index (χ4n) is 3.50. The van der Waals surface area contributed by atoms with Crippen LogP contribution in [-0.4, -0.2) is 31.6 Å². The number of carbonyl (C=O) groups excluding carboxylic acids is 1. The van der Waals surface area contributed by atoms with Crippen LogP contribution in [0.1, 0.15) is 16.7 Å². The molecule has 0 aliphatic carbocycles. The number of hydrogen-bond donors (Lipinski definition) is 1. The van der Waals surface area contributed by atoms with E-state index in [-0.39, 0.29) is 12.4 Å². The van der Waals surface area contributed by atoms with Crippen molar-refractivity contribution in [3.8, 4) is 0 Å². The van der Waals surface area contributed by atoms with Gasteiger partial charge in [-0.2, -0.15) is 0 Å². The molecule has 1 atom stereocenters. The molecule has 4 rings (SSSR count). The summed E-state index contributed by atoms with van der Waals surface area (Å²) in [5.74, 6) is -0.373. The SMILES string of the molecule is CN1CC(NC(=O)OCc2ccccc2)N=C(c2ccccc2F)c2cc(Br)ccc21. The van der Waals surface area contributed by atoms with Crippen molar-refractivity contribution in [1.82, 2.24) is 5.32 Å². The third-order valence-corrected chi connectivity index (χ3v) is 5.48. The minimum Gasteiger partial charge on any atom is -0.445 e. The zero-order valence-electron chi connectivity index (χ0n) is 16.9. The molecule has 1 amide bonds. The van der Waals surface area contributed by atoms with Crippen LogP contribution >= 0.6 is 15.9 Å². The van der Waals surface area contributed by atoms with Gasteiger partial charge in [-0.1, -0.05) is 58.4 Å². The number of rotatable bonds is 4. The molecular formula is C24H21BrFN3O2. The fourth-order valence-corrected chi connectivity index (χ4v) is 3.86. The van der Waals surface area contributed by atoms with Gasteiger partial charge in [0.05, 0.1) is 12.3 Å². The first kappa shape index (κ1) is 21.1. The second-order valence-corrected chi connectivity index (χ2v) is 8.14. The lowest BCUT2D eigenvalue weighted by Gasteiger charge is -2.22. The summed E-state index contributed by atoms with van der Waals surface area (Å²) in [6.07, 6.45) is -1.19. The number of likely N-dealkylation sites (N-methyl/N-ethyl adjacent to an activating group) is 1. The van der Waals surface area contributed by atoms with Crippen molar-refractivity contribution < 1.29 is 13.9 Å². The van der Waals surface area contributed by atoms with Crippen LogP contribution in [0.4, 0.5) is 14.9 Å². The fraction of sp³-hybridized carbons (Fsp3) is 0.167. The van der Waals surface area contributed by atoms with Crippen LogP contribution in [-0.2, 0) is 11.3 Å². The molecule has 1 aliphatic rings. The van der Waals surface area contributed by atoms with Gasteiger partial charge in [0.25, 0.3) is 0 Å². The summed E-state index contributed by atoms with van der Waals surface area (Å²) < 4.78 is 20.9. The van der Waals surface area contributed by atoms with Gasteiger partial charge < -0.3 is 9.64 Å². The van der Waals surface area contributed by atoms with Crippen LogP contribution < -0.4 is 10.2 Å². The van der Waals surface area contributed by atoms with Crippen LogP contribution in [0.3, 0.4) is 0 Å². The Morgan fingerprint density at radius 2 is 1.87 bits per heavy atom. The molecule has 31 heavy (non-hydrogen) atoms. The van der Waals surface area contributed by atoms with Crippen LogP contribution in [0.25, 0.3) is 0 Å². The molecule has 5 nitrogen and oxygen atoms in total. The van der Waals surface area contributed by atoms with Gasteiger partial charge in [-0.05, 0) is 35.9 Å². The van der Waals surface area contributed by atoms with Gasteiger partial charge in [-0.25, -0.2) is 9.18 Å². The van der Waals surface area contributed by atoms with Crippen LogP contribution in [0.5, 0.6) is 0 Å². The zero-order valence-corrected chi connectivity index (χ0v) is 18.5. The first-order valence-corrected chi connectivity index (χ1v) is 10.6. The molecule has 3 aromatic rings. The predicted molar refractivity (Wildman–Crippen MR) is 123 cm³/mol. The van der Waals surface area contributed by atoms with Crippen molar-refractivity contribution in [2.75, 3.05) is 18.5 Å². The number of hydrogen-bond acceptors (Lipinski definition) is 4. The molecule has 0 radical (unpaired) electrons. The van der Waals surface area contributed by atoms with E-state index < -0.39 is 12.3 Å². The van der Waals surface area contributed by atoms with Gasteiger partial charge in [0.15, 0.2) is 0 Å². The molecule has 0 spiro atoms. The Morgan fingerprint density at radius 1 is 1.13 bits per heavy atom. The topological polar surface area (TPSA) is 53.9 Å². The van der Waals surface area contributed by atoms with Gasteiger partial charge in [-0.15, -0.1) is 0 Å². The Labute approximate surface area is 188 Å². The highest BCUT2D eigenvalue weighted by Gasteiger charge is 2.25. The number of carbonyl (C=O) groups is 1. The summed E-state index contributed by atoms with van der Waals surface area (Å²) in [6, 6.07) is 21.7. The lowest BCUT2D eigenvalue weighted by molar-refractivity contribution is 0.136. The molecule has 0 aromatic heterocycles. The van der Waals surface area contributed by atoms with Crippen LogP contribution in [0, 0.1) is 5.82 Å². The van der Waals surface area contributed by atoms with Crippen LogP contribution in [0.15, 0.2) is 82.3 Å². The van der Waals surface area contributed by atoms with E-state index in [1.54, 1.807) is 18.2 Å². The number of halogens is 2. The van der Waals surface area contributed by atoms with E-state index in [0.717, 1.165) is 21.3 Å². The molecular weight excluding hydrogens is 461 g/mol. The smallest absolute Gasteiger partial charge is 0.409 e. The maximum absolute atomic E-state index is 14.7. The molecule has 1 heterocycles. The number of amides is 1. The maximum Gasteiger partial charge on any atom is 0.409 e. The van der Waals surface area contributed by atoms with Gasteiger partial charge in [0, 0.05) is 28.3 Å². The Bertz CT molecular complexity index is 1120. The average molecular weight is 482 g/mol. The number of anilines is 1. The van der Waals surface area contributed by atoms with E-state index in [1.807, 2.05) is 60.5 Å². The number of nitrogens with zero attached hydrogens (tertiary/aromatic N) is 2. The lowest BCUT2D eigenvalue weighted by atomic mass is 10.00. The van der Waals surface area contributed by atoms with Gasteiger partial charge in [0.2, 0.25) is 0 Å². The molecule has 0 fully saturated rings. The molecule has 0 bridgehead atoms. The third-order valence-electron chi connectivity index (χ3n) is 4.98. The molecule has 1 aliphatic heterocycles. The van der Waals surface area contributed by atoms with Crippen molar-refractivity contribution in [1.29, 1.82) is 0 Å². The summed E-state index contributed by atoms with van der Waals surface area (Å²) in [5, 5.41) is 2.80. The molecule has 1 N–H and O–H groups in total. The molecule has 1 unspecified atom stereocenters. The van der Waals surface area contributed by atoms with E-state index in [4.69, 9.17) is 9.73 Å². The summed E-state index contributed by atoms with van der Waals surface area (Å²) >= 11 is 3.50. The van der Waals surface area contributed by atoms with Crippen molar-refractivity contribution in [2.24, 2.45) is 4.99 Å². The summed E-state index contributed by atoms with van der Waals surface area (Å²) in [7, 11) is 1.91. The molecule has 0 saturated carbocycles. The number of aliphatic imine (C=N–C) groups is 1. The highest BCUT2D eigenvalue weighted by Crippen LogP contribution is 2.30. The first-order valence-electron chi connectivity index (χ1n) is 9.82. The molecule has 7 heteroatoms. The number of nitrogens with one attached hydrogen (secondary N) is 1. The van der Waals surface area contributed by atoms with Gasteiger partial charge in [0.1, 0.15) is 18.6 Å². The van der Waals surface area contributed by atoms with Crippen molar-refractivity contribution >= 4 is 33.4 Å². The Hall–Kier alpha value is -3.19. The molecule has 0 saturated heterocycles. The van der Waals surface area contributed by atoms with Crippen molar-refractivity contribution in [3.05, 3.63) is 99.8 Å². The average Bonchev–Trinajstić information content (AvgIpc) is 2.89. The largest absolute Gasteiger partial charge is 0.445 e. The number of ether oxygens (including phenoxy) is 1. The zero-order chi connectivity index (χ0) is 21.8. The summed E-state index contributed by atoms with van der Waals surface area (Å²) in [5.41, 5.74) is 3.42. The summed E-state index contributed by atoms with van der Waals surface area (Å²) in [6.45, 7) is 0.569. The Balaban J connectivity index is 1.63. The lowest BCUT2D eigenvalue weighted by Crippen LogP contribution is -2.41. The number of benzene rings is 3. The Morgan fingerprint density at radius 3 is 2.65 bits per heavy atom. The van der Waals surface area contributed by atoms with E-state index in [9.17, 15) is 9.18 Å². The highest BCUT2D eigenvalue weighted by molar-refractivity contribution is 9.10. The highest BCUT2D eigenvalue weighted by atomic mass is 79.9. The summed E-state index contributed by atoms with van der Waals surface area (Å²) in [4.78, 5) is 19.2. The van der Waals surface area contributed by atoms with Crippen molar-refractivity contribution in [2.45, 2.75) is 12.8 Å². The molecule has 158 valence electrons. The third kappa shape index (κ3) is 4.94. The standard InChI is InChI=1S/C24H21BrFN3O2/c1-29-14-22(28-24(30)31-15-16-7-3-2-4-8-16)27-23(18-9-5-6-10-20(18)26)19-13-17(25)11-12-21(19)29/h2-13,22H,14-15H2,1H3,(H,28,30). The van der Waals surface area contributed by atoms with E-state index in [0.29, 0.717) is 17.8 Å². The monoisotopic (exact) mass is 481 g/mol. The van der Waals surface area contributed by atoms with Crippen LogP contribution in [0.2, 0.25) is 0 Å². The predicted octanol–water partition coefficient (Wildman–Crippen LogP) is 5.13. The first-order chi connectivity index (χ1) is 15.0. The minimum atomic E-state index is -0.617. The second kappa shape index (κ2) is 9.31. The quantitative estimate of drug-likeness (QED) is 0.561. The maximum atomic E-state index is 14.7. The molecule has 3 aromatic carbocycles. The number of fused-ring (bicyclic) bond motifs is 1. The van der Waals surface area contributed by atoms with Crippen molar-refractivity contribution in [3.63, 3.8) is 0 Å². The minimum absolute atomic E-state index is 0.159. The number of benzodiazepines with no additional fused rings is 1. The van der Waals surface area contributed by atoms with E-state index >= 15 is 0 Å². The van der Waals surface area contributed by atoms with E-state index in [2.05, 4.69) is 21.2 Å². The second-order valence-electron chi connectivity index (χ2n) is 7.22. The van der Waals surface area contributed by atoms with E-state index in [1.165, 1.54) is 6.07 Å². The van der Waals surface area contributed by atoms with Gasteiger partial charge >= 0.3 is 6.09 Å². The van der Waals surface area contributed by atoms with Gasteiger partial charge in [-0.3, -0.25) is 10.3 Å². The normalized spacial score (nSPS) is 15.5. The number of alkyl carbamates (subject to hydrolysis) is 1.